The summed E-state index contributed by atoms with van der Waals surface area (Å²) >= 11 is 0. The standard InChI is InChI=1S/C20H30N2O3/c1-3-25-20(23)21-14-16-10-4-5-13-22(16)17-11-6-8-15-9-7-12-18(24-2)19(15)17/h7,9,12,16-17H,3-6,8,10-11,13-14H2,1-2H3,(H,21,23). The third kappa shape index (κ3) is 4.09. The fraction of sp³-hybridized carbons (Fsp3) is 0.650. The molecule has 138 valence electrons. The predicted octanol–water partition coefficient (Wildman–Crippen LogP) is 3.67. The Balaban J connectivity index is 1.78. The monoisotopic (exact) mass is 346 g/mol. The molecule has 0 aromatic heterocycles. The van der Waals surface area contributed by atoms with Crippen LogP contribution in [0.2, 0.25) is 0 Å². The number of carbonyl (C=O) groups excluding carboxylic acids is 1. The lowest BCUT2D eigenvalue weighted by Gasteiger charge is -2.44. The molecule has 0 saturated carbocycles. The van der Waals surface area contributed by atoms with Gasteiger partial charge in [0, 0.05) is 24.2 Å². The van der Waals surface area contributed by atoms with E-state index in [-0.39, 0.29) is 6.09 Å². The zero-order valence-corrected chi connectivity index (χ0v) is 15.4. The summed E-state index contributed by atoms with van der Waals surface area (Å²) in [5, 5.41) is 2.94. The van der Waals surface area contributed by atoms with Gasteiger partial charge in [-0.25, -0.2) is 4.79 Å². The molecule has 2 unspecified atom stereocenters. The van der Waals surface area contributed by atoms with Crippen molar-refractivity contribution in [2.75, 3.05) is 26.8 Å². The molecule has 1 heterocycles. The van der Waals surface area contributed by atoms with Crippen LogP contribution in [0.15, 0.2) is 18.2 Å². The molecule has 25 heavy (non-hydrogen) atoms. The van der Waals surface area contributed by atoms with Crippen LogP contribution in [0, 0.1) is 0 Å². The molecule has 5 heteroatoms. The number of ether oxygens (including phenoxy) is 2. The summed E-state index contributed by atoms with van der Waals surface area (Å²) < 4.78 is 10.7. The second kappa shape index (κ2) is 8.56. The average Bonchev–Trinajstić information content (AvgIpc) is 2.66. The minimum Gasteiger partial charge on any atom is -0.496 e. The number of piperidine rings is 1. The smallest absolute Gasteiger partial charge is 0.407 e. The zero-order valence-electron chi connectivity index (χ0n) is 15.4. The van der Waals surface area contributed by atoms with E-state index in [4.69, 9.17) is 9.47 Å². The zero-order chi connectivity index (χ0) is 17.6. The van der Waals surface area contributed by atoms with Crippen molar-refractivity contribution in [2.45, 2.75) is 57.5 Å². The number of amides is 1. The van der Waals surface area contributed by atoms with Crippen molar-refractivity contribution in [3.63, 3.8) is 0 Å². The lowest BCUT2D eigenvalue weighted by atomic mass is 9.84. The van der Waals surface area contributed by atoms with Crippen LogP contribution in [0.5, 0.6) is 5.75 Å². The first-order valence-electron chi connectivity index (χ1n) is 9.56. The first kappa shape index (κ1) is 18.1. The molecule has 1 N–H and O–H groups in total. The summed E-state index contributed by atoms with van der Waals surface area (Å²) in [7, 11) is 1.76. The fourth-order valence-electron chi connectivity index (χ4n) is 4.36. The maximum absolute atomic E-state index is 11.7. The quantitative estimate of drug-likeness (QED) is 0.884. The van der Waals surface area contributed by atoms with Gasteiger partial charge in [-0.3, -0.25) is 4.90 Å². The number of hydrogen-bond donors (Lipinski definition) is 1. The van der Waals surface area contributed by atoms with Crippen LogP contribution >= 0.6 is 0 Å². The minimum atomic E-state index is -0.311. The van der Waals surface area contributed by atoms with Gasteiger partial charge in [0.25, 0.3) is 0 Å². The van der Waals surface area contributed by atoms with Crippen molar-refractivity contribution in [1.29, 1.82) is 0 Å². The summed E-state index contributed by atoms with van der Waals surface area (Å²) in [5.41, 5.74) is 2.78. The van der Waals surface area contributed by atoms with Crippen molar-refractivity contribution in [3.05, 3.63) is 29.3 Å². The Morgan fingerprint density at radius 1 is 1.28 bits per heavy atom. The summed E-state index contributed by atoms with van der Waals surface area (Å²) in [5.74, 6) is 1.00. The minimum absolute atomic E-state index is 0.311. The van der Waals surface area contributed by atoms with E-state index in [0.29, 0.717) is 25.2 Å². The third-order valence-electron chi connectivity index (χ3n) is 5.46. The molecule has 5 nitrogen and oxygen atoms in total. The molecule has 1 amide bonds. The number of fused-ring (bicyclic) bond motifs is 1. The highest BCUT2D eigenvalue weighted by Crippen LogP contribution is 2.42. The Hall–Kier alpha value is -1.75. The molecule has 0 radical (unpaired) electrons. The van der Waals surface area contributed by atoms with Crippen molar-refractivity contribution in [3.8, 4) is 5.75 Å². The van der Waals surface area contributed by atoms with Gasteiger partial charge in [0.2, 0.25) is 0 Å². The van der Waals surface area contributed by atoms with Gasteiger partial charge < -0.3 is 14.8 Å². The van der Waals surface area contributed by atoms with Crippen LogP contribution in [-0.2, 0) is 11.2 Å². The maximum Gasteiger partial charge on any atom is 0.407 e. The van der Waals surface area contributed by atoms with E-state index in [1.54, 1.807) is 7.11 Å². The molecule has 2 aliphatic rings. The lowest BCUT2D eigenvalue weighted by Crippen LogP contribution is -2.48. The van der Waals surface area contributed by atoms with Crippen LogP contribution < -0.4 is 10.1 Å². The van der Waals surface area contributed by atoms with Gasteiger partial charge in [0.05, 0.1) is 13.7 Å². The van der Waals surface area contributed by atoms with Crippen LogP contribution in [0.25, 0.3) is 0 Å². The summed E-state index contributed by atoms with van der Waals surface area (Å²) in [4.78, 5) is 14.3. The second-order valence-corrected chi connectivity index (χ2v) is 6.93. The molecular weight excluding hydrogens is 316 g/mol. The number of carbonyl (C=O) groups is 1. The molecule has 3 rings (SSSR count). The van der Waals surface area contributed by atoms with Gasteiger partial charge in [-0.15, -0.1) is 0 Å². The van der Waals surface area contributed by atoms with E-state index in [1.807, 2.05) is 6.92 Å². The van der Waals surface area contributed by atoms with Crippen LogP contribution in [0.4, 0.5) is 4.79 Å². The number of alkyl carbamates (subject to hydrolysis) is 1. The molecule has 1 saturated heterocycles. The van der Waals surface area contributed by atoms with Gasteiger partial charge >= 0.3 is 6.09 Å². The van der Waals surface area contributed by atoms with E-state index < -0.39 is 0 Å². The normalized spacial score (nSPS) is 23.6. The van der Waals surface area contributed by atoms with E-state index in [0.717, 1.165) is 31.6 Å². The first-order chi connectivity index (χ1) is 12.2. The topological polar surface area (TPSA) is 50.8 Å². The van der Waals surface area contributed by atoms with Crippen LogP contribution in [0.1, 0.15) is 56.2 Å². The Bertz CT molecular complexity index is 576. The number of aryl methyl sites for hydroxylation is 1. The van der Waals surface area contributed by atoms with E-state index in [1.165, 1.54) is 30.4 Å². The van der Waals surface area contributed by atoms with Gasteiger partial charge in [-0.05, 0) is 57.2 Å². The number of nitrogens with zero attached hydrogens (tertiary/aromatic N) is 1. The largest absolute Gasteiger partial charge is 0.496 e. The molecule has 2 atom stereocenters. The molecule has 1 aliphatic heterocycles. The van der Waals surface area contributed by atoms with E-state index in [2.05, 4.69) is 28.4 Å². The number of methoxy groups -OCH3 is 1. The predicted molar refractivity (Wildman–Crippen MR) is 98.0 cm³/mol. The highest BCUT2D eigenvalue weighted by atomic mass is 16.5. The Morgan fingerprint density at radius 3 is 2.96 bits per heavy atom. The van der Waals surface area contributed by atoms with Gasteiger partial charge in [0.15, 0.2) is 0 Å². The average molecular weight is 346 g/mol. The number of likely N-dealkylation sites (tertiary alicyclic amines) is 1. The Morgan fingerprint density at radius 2 is 2.16 bits per heavy atom. The summed E-state index contributed by atoms with van der Waals surface area (Å²) in [6.45, 7) is 3.97. The molecule has 1 fully saturated rings. The summed E-state index contributed by atoms with van der Waals surface area (Å²) in [6, 6.07) is 7.15. The van der Waals surface area contributed by atoms with E-state index in [9.17, 15) is 4.79 Å². The third-order valence-corrected chi connectivity index (χ3v) is 5.46. The molecule has 1 aliphatic carbocycles. The van der Waals surface area contributed by atoms with Crippen molar-refractivity contribution in [1.82, 2.24) is 10.2 Å². The Labute approximate surface area is 150 Å². The van der Waals surface area contributed by atoms with Gasteiger partial charge in [-0.1, -0.05) is 18.6 Å². The molecule has 1 aromatic rings. The Kier molecular flexibility index (Phi) is 6.19. The number of rotatable bonds is 5. The molecular formula is C20H30N2O3. The van der Waals surface area contributed by atoms with Crippen LogP contribution in [-0.4, -0.2) is 43.8 Å². The maximum atomic E-state index is 11.7. The lowest BCUT2D eigenvalue weighted by molar-refractivity contribution is 0.0788. The fourth-order valence-corrected chi connectivity index (χ4v) is 4.36. The number of benzene rings is 1. The highest BCUT2D eigenvalue weighted by Gasteiger charge is 2.34. The number of hydrogen-bond acceptors (Lipinski definition) is 4. The van der Waals surface area contributed by atoms with Crippen LogP contribution in [0.3, 0.4) is 0 Å². The van der Waals surface area contributed by atoms with Crippen molar-refractivity contribution >= 4 is 6.09 Å². The highest BCUT2D eigenvalue weighted by molar-refractivity contribution is 5.67. The first-order valence-corrected chi connectivity index (χ1v) is 9.56. The second-order valence-electron chi connectivity index (χ2n) is 6.93. The SMILES string of the molecule is CCOC(=O)NCC1CCCCN1C1CCCc2cccc(OC)c21. The van der Waals surface area contributed by atoms with Gasteiger partial charge in [0.1, 0.15) is 5.75 Å². The molecule has 0 bridgehead atoms. The number of nitrogens with one attached hydrogen (secondary N) is 1. The summed E-state index contributed by atoms with van der Waals surface area (Å²) in [6.07, 6.45) is 6.74. The van der Waals surface area contributed by atoms with Crippen molar-refractivity contribution in [2.24, 2.45) is 0 Å². The molecule has 1 aromatic carbocycles. The van der Waals surface area contributed by atoms with E-state index >= 15 is 0 Å². The van der Waals surface area contributed by atoms with Crippen molar-refractivity contribution < 1.29 is 14.3 Å². The van der Waals surface area contributed by atoms with Gasteiger partial charge in [-0.2, -0.15) is 0 Å². The molecule has 0 spiro atoms.